The van der Waals surface area contributed by atoms with E-state index in [1.165, 1.54) is 0 Å². The van der Waals surface area contributed by atoms with Crippen LogP contribution in [-0.4, -0.2) is 114 Å². The minimum atomic E-state index is -5.38. The lowest BCUT2D eigenvalue weighted by molar-refractivity contribution is -0.216. The number of aliphatic hydroxyl groups excluding tert-OH is 5. The molecule has 398 valence electrons. The quantitative estimate of drug-likeness (QED) is 0.00940. The minimum Gasteiger partial charge on any atom is -0.462 e. The number of allylic oxidation sites excluding steroid dienone is 17. The molecule has 1 aliphatic carbocycles. The molecule has 70 heavy (non-hydrogen) atoms. The van der Waals surface area contributed by atoms with Crippen LogP contribution >= 0.6 is 15.6 Å². The van der Waals surface area contributed by atoms with E-state index in [4.69, 9.17) is 18.5 Å². The van der Waals surface area contributed by atoms with Crippen molar-refractivity contribution in [1.82, 2.24) is 0 Å². The van der Waals surface area contributed by atoms with Gasteiger partial charge in [-0.1, -0.05) is 149 Å². The predicted octanol–water partition coefficient (Wildman–Crippen LogP) is 8.70. The maximum absolute atomic E-state index is 13.0. The van der Waals surface area contributed by atoms with Gasteiger partial charge >= 0.3 is 27.6 Å². The average Bonchev–Trinajstić information content (AvgIpc) is 3.32. The highest BCUT2D eigenvalue weighted by Gasteiger charge is 2.54. The number of ether oxygens (including phenoxy) is 2. The summed E-state index contributed by atoms with van der Waals surface area (Å²) < 4.78 is 49.3. The van der Waals surface area contributed by atoms with Gasteiger partial charge in [0.05, 0.1) is 12.7 Å². The van der Waals surface area contributed by atoms with Gasteiger partial charge in [-0.15, -0.1) is 0 Å². The molecule has 0 aromatic heterocycles. The molecule has 0 spiro atoms. The normalized spacial score (nSPS) is 22.4. The molecule has 1 saturated carbocycles. The van der Waals surface area contributed by atoms with Crippen LogP contribution in [0.5, 0.6) is 0 Å². The molecule has 0 amide bonds. The van der Waals surface area contributed by atoms with Gasteiger partial charge in [0.2, 0.25) is 0 Å². The summed E-state index contributed by atoms with van der Waals surface area (Å²) in [6, 6.07) is 0. The highest BCUT2D eigenvalue weighted by Crippen LogP contribution is 2.49. The van der Waals surface area contributed by atoms with Gasteiger partial charge in [0.15, 0.2) is 6.10 Å². The first-order valence-corrected chi connectivity index (χ1v) is 27.6. The Morgan fingerprint density at radius 2 is 1.00 bits per heavy atom. The van der Waals surface area contributed by atoms with Crippen molar-refractivity contribution in [3.63, 3.8) is 0 Å². The second-order valence-corrected chi connectivity index (χ2v) is 19.2. The number of unbranched alkanes of at least 4 members (excludes halogenated alkanes) is 7. The molecular weight excluding hydrogens is 946 g/mol. The van der Waals surface area contributed by atoms with Crippen LogP contribution in [0, 0.1) is 0 Å². The zero-order valence-corrected chi connectivity index (χ0v) is 42.8. The number of phosphoric acid groups is 2. The predicted molar refractivity (Wildman–Crippen MR) is 270 cm³/mol. The summed E-state index contributed by atoms with van der Waals surface area (Å²) in [7, 11) is -10.7. The Morgan fingerprint density at radius 3 is 1.54 bits per heavy atom. The van der Waals surface area contributed by atoms with E-state index in [9.17, 15) is 58.9 Å². The van der Waals surface area contributed by atoms with Gasteiger partial charge in [-0.3, -0.25) is 23.2 Å². The van der Waals surface area contributed by atoms with E-state index in [-0.39, 0.29) is 12.8 Å². The van der Waals surface area contributed by atoms with Crippen molar-refractivity contribution in [3.8, 4) is 0 Å². The summed E-state index contributed by atoms with van der Waals surface area (Å²) in [6.07, 6.45) is 35.6. The van der Waals surface area contributed by atoms with E-state index in [0.717, 1.165) is 77.0 Å². The molecule has 0 bridgehead atoms. The van der Waals surface area contributed by atoms with Crippen LogP contribution in [0.25, 0.3) is 0 Å². The first-order valence-electron chi connectivity index (χ1n) is 24.5. The molecule has 1 aliphatic rings. The van der Waals surface area contributed by atoms with Gasteiger partial charge in [-0.25, -0.2) is 9.13 Å². The molecule has 0 aromatic rings. The molecule has 0 aromatic carbocycles. The molecular formula is C51H82O17P2. The van der Waals surface area contributed by atoms with Crippen LogP contribution in [0.1, 0.15) is 136 Å². The van der Waals surface area contributed by atoms with Crippen molar-refractivity contribution in [2.24, 2.45) is 0 Å². The van der Waals surface area contributed by atoms with E-state index in [0.29, 0.717) is 32.1 Å². The van der Waals surface area contributed by atoms with Gasteiger partial charge in [-0.05, 0) is 83.5 Å². The second-order valence-electron chi connectivity index (χ2n) is 16.6. The smallest absolute Gasteiger partial charge is 0.462 e. The molecule has 0 heterocycles. The largest absolute Gasteiger partial charge is 0.472 e. The Bertz CT molecular complexity index is 1780. The Labute approximate surface area is 415 Å². The minimum absolute atomic E-state index is 0.0583. The van der Waals surface area contributed by atoms with Crippen LogP contribution in [0.15, 0.2) is 109 Å². The zero-order chi connectivity index (χ0) is 51.9. The van der Waals surface area contributed by atoms with E-state index in [1.807, 2.05) is 55.5 Å². The molecule has 1 fully saturated rings. The van der Waals surface area contributed by atoms with Crippen molar-refractivity contribution in [2.45, 2.75) is 185 Å². The van der Waals surface area contributed by atoms with Gasteiger partial charge in [0, 0.05) is 12.8 Å². The molecule has 17 nitrogen and oxygen atoms in total. The zero-order valence-electron chi connectivity index (χ0n) is 41.0. The fourth-order valence-electron chi connectivity index (χ4n) is 6.59. The monoisotopic (exact) mass is 1030 g/mol. The summed E-state index contributed by atoms with van der Waals surface area (Å²) in [5.74, 6) is -1.32. The maximum atomic E-state index is 13.0. The van der Waals surface area contributed by atoms with Crippen LogP contribution in [0.2, 0.25) is 0 Å². The highest BCUT2D eigenvalue weighted by molar-refractivity contribution is 7.47. The summed E-state index contributed by atoms with van der Waals surface area (Å²) in [5, 5.41) is 50.8. The van der Waals surface area contributed by atoms with Crippen LogP contribution in [0.4, 0.5) is 0 Å². The molecule has 0 radical (unpaired) electrons. The standard InChI is InChI=1S/C51H82O17P2/c1-3-5-6-7-8-9-10-11-12-13-14-15-16-20-23-26-29-32-35-38-44(53)64-40-43(41-65-70(62,63)68-51-48(57)46(55)47(56)50(49(51)58)67-69(59,60)61)66-45(54)39-36-33-30-27-24-21-18-17-19-22-25-28-31-34-37-42(52)4-2/h5-6,8-9,11-12,14-15,18-19,21-22,27-28,30-31,34,37,42-43,46-52,55-58H,3-4,7,10,13,16-17,20,23-26,29,32-33,35-36,38-41H2,1-2H3,(H,62,63)(H2,59,60,61)/b6-5-,9-8-,12-11-,15-14-,21-18-,22-19-,30-27-,31-28-,37-34+/t42-,43-,46?,47?,48?,49?,50-,51+/m1/s1. The molecule has 0 saturated heterocycles. The lowest BCUT2D eigenvalue weighted by atomic mass is 9.85. The number of hydrogen-bond donors (Lipinski definition) is 8. The molecule has 8 N–H and O–H groups in total. The molecule has 1 rings (SSSR count). The topological polar surface area (TPSA) is 276 Å². The van der Waals surface area contributed by atoms with Gasteiger partial charge in [-0.2, -0.15) is 0 Å². The highest BCUT2D eigenvalue weighted by atomic mass is 31.2. The number of esters is 2. The average molecular weight is 1030 g/mol. The first kappa shape index (κ1) is 64.6. The fourth-order valence-corrected chi connectivity index (χ4v) is 8.13. The molecule has 5 unspecified atom stereocenters. The summed E-state index contributed by atoms with van der Waals surface area (Å²) >= 11 is 0. The van der Waals surface area contributed by atoms with E-state index in [2.05, 4.69) is 66.1 Å². The van der Waals surface area contributed by atoms with Crippen molar-refractivity contribution >= 4 is 27.6 Å². The lowest BCUT2D eigenvalue weighted by Crippen LogP contribution is -2.64. The van der Waals surface area contributed by atoms with Crippen LogP contribution < -0.4 is 0 Å². The second kappa shape index (κ2) is 40.1. The molecule has 19 heteroatoms. The van der Waals surface area contributed by atoms with Gasteiger partial charge in [0.1, 0.15) is 43.2 Å². The maximum Gasteiger partial charge on any atom is 0.472 e. The first-order chi connectivity index (χ1) is 33.5. The van der Waals surface area contributed by atoms with Crippen LogP contribution in [-0.2, 0) is 41.8 Å². The summed E-state index contributed by atoms with van der Waals surface area (Å²) in [6.45, 7) is 2.60. The Morgan fingerprint density at radius 1 is 0.529 bits per heavy atom. The van der Waals surface area contributed by atoms with E-state index in [1.54, 1.807) is 6.08 Å². The van der Waals surface area contributed by atoms with E-state index < -0.39 is 89.6 Å². The Hall–Kier alpha value is -3.38. The number of hydrogen-bond acceptors (Lipinski definition) is 14. The van der Waals surface area contributed by atoms with Crippen molar-refractivity contribution in [1.29, 1.82) is 0 Å². The number of phosphoric ester groups is 2. The summed E-state index contributed by atoms with van der Waals surface area (Å²) in [5.41, 5.74) is 0. The van der Waals surface area contributed by atoms with Crippen molar-refractivity contribution < 1.29 is 82.0 Å². The van der Waals surface area contributed by atoms with E-state index >= 15 is 0 Å². The number of rotatable bonds is 39. The SMILES string of the molecule is CC/C=C\C/C=C\C/C=C\C/C=C\CCCCCCCCC(=O)OC[C@H](COP(=O)(O)O[C@H]1C(O)C(O)C(O)[C@@H](OP(=O)(O)O)C1O)OC(=O)CCC/C=C\C/C=C\C/C=C\C/C=C\C=C\[C@H](O)CC. The third-order valence-corrected chi connectivity index (χ3v) is 12.0. The summed E-state index contributed by atoms with van der Waals surface area (Å²) in [4.78, 5) is 54.3. The number of carbonyl (C=O) groups excluding carboxylic acids is 2. The van der Waals surface area contributed by atoms with Crippen molar-refractivity contribution in [3.05, 3.63) is 109 Å². The Balaban J connectivity index is 2.63. The fraction of sp³-hybridized carbons (Fsp3) is 0.608. The third kappa shape index (κ3) is 34.1. The molecule has 0 aliphatic heterocycles. The van der Waals surface area contributed by atoms with Crippen molar-refractivity contribution in [2.75, 3.05) is 13.2 Å². The van der Waals surface area contributed by atoms with Gasteiger partial charge in [0.25, 0.3) is 0 Å². The molecule has 9 atom stereocenters. The third-order valence-electron chi connectivity index (χ3n) is 10.5. The van der Waals surface area contributed by atoms with Gasteiger partial charge < -0.3 is 49.7 Å². The van der Waals surface area contributed by atoms with Crippen LogP contribution in [0.3, 0.4) is 0 Å². The Kier molecular flexibility index (Phi) is 37.1. The number of aliphatic hydroxyl groups is 5. The number of carbonyl (C=O) groups is 2. The lowest BCUT2D eigenvalue weighted by Gasteiger charge is -2.43.